The second kappa shape index (κ2) is 7.01. The fourth-order valence-corrected chi connectivity index (χ4v) is 2.37. The van der Waals surface area contributed by atoms with Gasteiger partial charge in [-0.3, -0.25) is 9.59 Å². The van der Waals surface area contributed by atoms with E-state index < -0.39 is 16.9 Å². The zero-order valence-electron chi connectivity index (χ0n) is 14.9. The van der Waals surface area contributed by atoms with Crippen LogP contribution in [0.15, 0.2) is 42.7 Å². The number of hydrogen-bond acceptors (Lipinski definition) is 4. The summed E-state index contributed by atoms with van der Waals surface area (Å²) in [6.07, 6.45) is 3.92. The minimum absolute atomic E-state index is 0.253. The molecule has 1 heterocycles. The van der Waals surface area contributed by atoms with Crippen molar-refractivity contribution in [2.45, 2.75) is 45.1 Å². The highest BCUT2D eigenvalue weighted by Crippen LogP contribution is 2.25. The van der Waals surface area contributed by atoms with Crippen molar-refractivity contribution >= 4 is 11.9 Å². The minimum Gasteiger partial charge on any atom is -0.481 e. The van der Waals surface area contributed by atoms with Crippen molar-refractivity contribution in [3.05, 3.63) is 59.7 Å². The molecule has 6 heteroatoms. The Kier molecular flexibility index (Phi) is 5.21. The molecule has 1 atom stereocenters. The van der Waals surface area contributed by atoms with E-state index in [1.807, 2.05) is 13.8 Å². The van der Waals surface area contributed by atoms with Crippen LogP contribution < -0.4 is 5.32 Å². The Morgan fingerprint density at radius 3 is 2.12 bits per heavy atom. The van der Waals surface area contributed by atoms with Crippen LogP contribution >= 0.6 is 0 Å². The van der Waals surface area contributed by atoms with E-state index in [9.17, 15) is 14.7 Å². The van der Waals surface area contributed by atoms with Crippen LogP contribution in [0, 0.1) is 0 Å². The summed E-state index contributed by atoms with van der Waals surface area (Å²) in [6, 6.07) is 8.34. The maximum absolute atomic E-state index is 12.6. The van der Waals surface area contributed by atoms with Gasteiger partial charge in [0.15, 0.2) is 5.82 Å². The van der Waals surface area contributed by atoms with Gasteiger partial charge in [0.05, 0.1) is 11.0 Å². The van der Waals surface area contributed by atoms with Crippen LogP contribution in [0.1, 0.15) is 55.9 Å². The Morgan fingerprint density at radius 2 is 1.64 bits per heavy atom. The van der Waals surface area contributed by atoms with Crippen LogP contribution in [0.4, 0.5) is 0 Å². The number of nitrogens with zero attached hydrogens (tertiary/aromatic N) is 2. The van der Waals surface area contributed by atoms with E-state index >= 15 is 0 Å². The molecule has 132 valence electrons. The number of carbonyl (C=O) groups excluding carboxylic acids is 1. The van der Waals surface area contributed by atoms with Gasteiger partial charge in [0, 0.05) is 18.0 Å². The predicted molar refractivity (Wildman–Crippen MR) is 94.2 cm³/mol. The number of nitrogens with one attached hydrogen (secondary N) is 1. The zero-order chi connectivity index (χ0) is 18.7. The molecule has 2 rings (SSSR count). The summed E-state index contributed by atoms with van der Waals surface area (Å²) < 4.78 is 0. The highest BCUT2D eigenvalue weighted by atomic mass is 16.4. The van der Waals surface area contributed by atoms with Gasteiger partial charge in [-0.25, -0.2) is 9.97 Å². The molecule has 2 N–H and O–H groups in total. The average Bonchev–Trinajstić information content (AvgIpc) is 2.62. The molecule has 1 unspecified atom stereocenters. The first-order chi connectivity index (χ1) is 11.7. The molecule has 0 radical (unpaired) electrons. The lowest BCUT2D eigenvalue weighted by Crippen LogP contribution is -2.44. The van der Waals surface area contributed by atoms with E-state index in [1.165, 1.54) is 0 Å². The van der Waals surface area contributed by atoms with Gasteiger partial charge < -0.3 is 10.4 Å². The number of aromatic nitrogens is 2. The molecule has 1 aromatic carbocycles. The number of carboxylic acids is 1. The third-order valence-electron chi connectivity index (χ3n) is 4.56. The maximum Gasteiger partial charge on any atom is 0.313 e. The summed E-state index contributed by atoms with van der Waals surface area (Å²) in [5.41, 5.74) is -0.593. The average molecular weight is 341 g/mol. The third-order valence-corrected chi connectivity index (χ3v) is 4.56. The maximum atomic E-state index is 12.6. The molecule has 0 spiro atoms. The van der Waals surface area contributed by atoms with E-state index in [0.29, 0.717) is 23.4 Å². The Bertz CT molecular complexity index is 757. The lowest BCUT2D eigenvalue weighted by Gasteiger charge is -2.28. The van der Waals surface area contributed by atoms with Crippen LogP contribution in [0.2, 0.25) is 0 Å². The molecule has 0 aliphatic heterocycles. The Balaban J connectivity index is 2.22. The second-order valence-corrected chi connectivity index (χ2v) is 6.72. The normalized spacial score (nSPS) is 13.8. The minimum atomic E-state index is -1.01. The smallest absolute Gasteiger partial charge is 0.313 e. The standard InChI is InChI=1S/C19H23N3O3/c1-5-19(4,16-20-11-6-12-21-16)22-15(23)13-7-9-14(10-8-13)18(2,3)17(24)25/h6-12H,5H2,1-4H3,(H,22,23)(H,24,25). The van der Waals surface area contributed by atoms with Gasteiger partial charge in [-0.05, 0) is 51.0 Å². The van der Waals surface area contributed by atoms with Crippen molar-refractivity contribution in [2.75, 3.05) is 0 Å². The number of carbonyl (C=O) groups is 2. The fraction of sp³-hybridized carbons (Fsp3) is 0.368. The van der Waals surface area contributed by atoms with E-state index in [1.54, 1.807) is 56.6 Å². The van der Waals surface area contributed by atoms with Gasteiger partial charge in [0.1, 0.15) is 0 Å². The van der Waals surface area contributed by atoms with E-state index in [2.05, 4.69) is 15.3 Å². The quantitative estimate of drug-likeness (QED) is 0.843. The van der Waals surface area contributed by atoms with Crippen LogP contribution in [0.5, 0.6) is 0 Å². The summed E-state index contributed by atoms with van der Waals surface area (Å²) in [5.74, 6) is -0.615. The van der Waals surface area contributed by atoms with Gasteiger partial charge in [-0.2, -0.15) is 0 Å². The van der Waals surface area contributed by atoms with Gasteiger partial charge in [0.2, 0.25) is 0 Å². The van der Waals surface area contributed by atoms with Crippen molar-refractivity contribution in [3.8, 4) is 0 Å². The lowest BCUT2D eigenvalue weighted by atomic mass is 9.84. The van der Waals surface area contributed by atoms with E-state index in [-0.39, 0.29) is 5.91 Å². The van der Waals surface area contributed by atoms with Crippen molar-refractivity contribution in [2.24, 2.45) is 0 Å². The molecule has 0 fully saturated rings. The van der Waals surface area contributed by atoms with Crippen LogP contribution in [-0.4, -0.2) is 27.0 Å². The monoisotopic (exact) mass is 341 g/mol. The number of carboxylic acid groups (broad SMARTS) is 1. The first-order valence-electron chi connectivity index (χ1n) is 8.14. The lowest BCUT2D eigenvalue weighted by molar-refractivity contribution is -0.142. The molecular weight excluding hydrogens is 318 g/mol. The summed E-state index contributed by atoms with van der Waals surface area (Å²) in [5, 5.41) is 12.3. The number of aliphatic carboxylic acids is 1. The van der Waals surface area contributed by atoms with Crippen molar-refractivity contribution in [3.63, 3.8) is 0 Å². The number of amides is 1. The second-order valence-electron chi connectivity index (χ2n) is 6.72. The molecule has 1 aromatic heterocycles. The molecule has 0 saturated heterocycles. The molecule has 25 heavy (non-hydrogen) atoms. The SMILES string of the molecule is CCC(C)(NC(=O)c1ccc(C(C)(C)C(=O)O)cc1)c1ncccn1. The predicted octanol–water partition coefficient (Wildman–Crippen LogP) is 2.89. The number of benzene rings is 1. The molecule has 0 aliphatic rings. The summed E-state index contributed by atoms with van der Waals surface area (Å²) in [7, 11) is 0. The Labute approximate surface area is 147 Å². The topological polar surface area (TPSA) is 92.2 Å². The van der Waals surface area contributed by atoms with Gasteiger partial charge >= 0.3 is 5.97 Å². The summed E-state index contributed by atoms with van der Waals surface area (Å²) in [6.45, 7) is 7.09. The van der Waals surface area contributed by atoms with Crippen molar-refractivity contribution in [1.29, 1.82) is 0 Å². The molecule has 0 bridgehead atoms. The Morgan fingerprint density at radius 1 is 1.08 bits per heavy atom. The molecule has 1 amide bonds. The summed E-state index contributed by atoms with van der Waals surface area (Å²) in [4.78, 5) is 32.4. The van der Waals surface area contributed by atoms with Gasteiger partial charge in [-0.1, -0.05) is 19.1 Å². The highest BCUT2D eigenvalue weighted by molar-refractivity contribution is 5.95. The van der Waals surface area contributed by atoms with Gasteiger partial charge in [0.25, 0.3) is 5.91 Å². The largest absolute Gasteiger partial charge is 0.481 e. The number of hydrogen-bond donors (Lipinski definition) is 2. The fourth-order valence-electron chi connectivity index (χ4n) is 2.37. The Hall–Kier alpha value is -2.76. The highest BCUT2D eigenvalue weighted by Gasteiger charge is 2.31. The third kappa shape index (κ3) is 3.84. The van der Waals surface area contributed by atoms with Gasteiger partial charge in [-0.15, -0.1) is 0 Å². The molecule has 6 nitrogen and oxygen atoms in total. The first kappa shape index (κ1) is 18.6. The van der Waals surface area contributed by atoms with Crippen molar-refractivity contribution < 1.29 is 14.7 Å². The summed E-state index contributed by atoms with van der Waals surface area (Å²) >= 11 is 0. The van der Waals surface area contributed by atoms with E-state index in [0.717, 1.165) is 0 Å². The van der Waals surface area contributed by atoms with Crippen LogP contribution in [-0.2, 0) is 15.7 Å². The first-order valence-corrected chi connectivity index (χ1v) is 8.14. The van der Waals surface area contributed by atoms with Crippen LogP contribution in [0.25, 0.3) is 0 Å². The molecule has 0 saturated carbocycles. The van der Waals surface area contributed by atoms with Crippen LogP contribution in [0.3, 0.4) is 0 Å². The number of rotatable bonds is 6. The zero-order valence-corrected chi connectivity index (χ0v) is 14.9. The van der Waals surface area contributed by atoms with E-state index in [4.69, 9.17) is 0 Å². The molecule has 2 aromatic rings. The molecule has 0 aliphatic carbocycles. The molecular formula is C19H23N3O3. The van der Waals surface area contributed by atoms with Crippen molar-refractivity contribution in [1.82, 2.24) is 15.3 Å².